The first-order chi connectivity index (χ1) is 10.1. The predicted octanol–water partition coefficient (Wildman–Crippen LogP) is 2.94. The molecule has 1 heterocycles. The minimum atomic E-state index is 0.0493. The maximum atomic E-state index is 12.3. The first-order valence-electron chi connectivity index (χ1n) is 8.03. The van der Waals surface area contributed by atoms with E-state index >= 15 is 0 Å². The molecule has 1 aliphatic rings. The Morgan fingerprint density at radius 3 is 2.38 bits per heavy atom. The van der Waals surface area contributed by atoms with Crippen LogP contribution < -0.4 is 0 Å². The molecule has 1 aliphatic heterocycles. The van der Waals surface area contributed by atoms with Crippen molar-refractivity contribution in [3.8, 4) is 0 Å². The van der Waals surface area contributed by atoms with E-state index in [-0.39, 0.29) is 17.9 Å². The average molecular weight is 289 g/mol. The monoisotopic (exact) mass is 289 g/mol. The van der Waals surface area contributed by atoms with Crippen LogP contribution in [0.3, 0.4) is 0 Å². The molecule has 0 aromatic heterocycles. The molecule has 1 N–H and O–H groups in total. The van der Waals surface area contributed by atoms with Gasteiger partial charge in [0, 0.05) is 26.1 Å². The van der Waals surface area contributed by atoms with Gasteiger partial charge in [-0.3, -0.25) is 4.79 Å². The molecule has 2 rings (SSSR count). The van der Waals surface area contributed by atoms with Crippen molar-refractivity contribution in [2.75, 3.05) is 19.7 Å². The normalized spacial score (nSPS) is 17.8. The van der Waals surface area contributed by atoms with E-state index in [0.29, 0.717) is 6.42 Å². The molecule has 3 heteroatoms. The second kappa shape index (κ2) is 7.08. The highest BCUT2D eigenvalue weighted by Gasteiger charge is 2.33. The molecule has 0 unspecified atom stereocenters. The van der Waals surface area contributed by atoms with E-state index in [4.69, 9.17) is 0 Å². The first-order valence-corrected chi connectivity index (χ1v) is 8.03. The van der Waals surface area contributed by atoms with Crippen LogP contribution in [0.15, 0.2) is 24.3 Å². The van der Waals surface area contributed by atoms with Crippen LogP contribution in [0, 0.1) is 12.3 Å². The van der Waals surface area contributed by atoms with Crippen LogP contribution in [-0.4, -0.2) is 35.6 Å². The fourth-order valence-electron chi connectivity index (χ4n) is 3.02. The maximum Gasteiger partial charge on any atom is 0.222 e. The van der Waals surface area contributed by atoms with Gasteiger partial charge in [-0.05, 0) is 43.6 Å². The summed E-state index contributed by atoms with van der Waals surface area (Å²) in [7, 11) is 0. The number of aryl methyl sites for hydroxylation is 2. The van der Waals surface area contributed by atoms with E-state index < -0.39 is 0 Å². The van der Waals surface area contributed by atoms with Gasteiger partial charge in [-0.15, -0.1) is 0 Å². The lowest BCUT2D eigenvalue weighted by Crippen LogP contribution is -2.44. The van der Waals surface area contributed by atoms with Crippen LogP contribution in [0.4, 0.5) is 0 Å². The zero-order valence-electron chi connectivity index (χ0n) is 13.3. The van der Waals surface area contributed by atoms with Crippen molar-refractivity contribution in [3.63, 3.8) is 0 Å². The summed E-state index contributed by atoms with van der Waals surface area (Å²) in [5.41, 5.74) is 2.53. The van der Waals surface area contributed by atoms with Gasteiger partial charge in [0.15, 0.2) is 0 Å². The van der Waals surface area contributed by atoms with Gasteiger partial charge < -0.3 is 10.0 Å². The minimum Gasteiger partial charge on any atom is -0.396 e. The Balaban J connectivity index is 1.81. The maximum absolute atomic E-state index is 12.3. The Hall–Kier alpha value is -1.35. The number of rotatable bonds is 5. The second-order valence-corrected chi connectivity index (χ2v) is 6.38. The molecule has 1 saturated heterocycles. The lowest BCUT2D eigenvalue weighted by atomic mass is 9.77. The van der Waals surface area contributed by atoms with Crippen LogP contribution >= 0.6 is 0 Å². The van der Waals surface area contributed by atoms with Crippen LogP contribution in [0.25, 0.3) is 0 Å². The summed E-state index contributed by atoms with van der Waals surface area (Å²) in [5, 5.41) is 9.54. The number of nitrogens with zero attached hydrogens (tertiary/aromatic N) is 1. The smallest absolute Gasteiger partial charge is 0.222 e. The molecule has 1 aromatic carbocycles. The number of aliphatic hydroxyl groups is 1. The van der Waals surface area contributed by atoms with Gasteiger partial charge in [0.1, 0.15) is 0 Å². The second-order valence-electron chi connectivity index (χ2n) is 6.38. The number of benzene rings is 1. The van der Waals surface area contributed by atoms with E-state index in [1.165, 1.54) is 11.1 Å². The summed E-state index contributed by atoms with van der Waals surface area (Å²) in [6.07, 6.45) is 4.25. The van der Waals surface area contributed by atoms with Crippen LogP contribution in [0.1, 0.15) is 43.7 Å². The molecule has 1 amide bonds. The third kappa shape index (κ3) is 4.07. The first kappa shape index (κ1) is 16.0. The zero-order chi connectivity index (χ0) is 15.3. The van der Waals surface area contributed by atoms with Crippen molar-refractivity contribution in [2.24, 2.45) is 5.41 Å². The Labute approximate surface area is 128 Å². The topological polar surface area (TPSA) is 40.5 Å². The number of aliphatic hydroxyl groups excluding tert-OH is 1. The lowest BCUT2D eigenvalue weighted by Gasteiger charge is -2.40. The number of amides is 1. The number of carbonyl (C=O) groups is 1. The quantitative estimate of drug-likeness (QED) is 0.905. The van der Waals surface area contributed by atoms with Crippen LogP contribution in [0.2, 0.25) is 0 Å². The summed E-state index contributed by atoms with van der Waals surface area (Å²) in [6.45, 7) is 6.03. The fraction of sp³-hybridized carbons (Fsp3) is 0.611. The van der Waals surface area contributed by atoms with Crippen LogP contribution in [0.5, 0.6) is 0 Å². The van der Waals surface area contributed by atoms with Crippen molar-refractivity contribution in [2.45, 2.75) is 46.0 Å². The highest BCUT2D eigenvalue weighted by Crippen LogP contribution is 2.34. The van der Waals surface area contributed by atoms with E-state index in [1.807, 2.05) is 4.90 Å². The molecule has 0 radical (unpaired) electrons. The molecule has 1 aromatic rings. The van der Waals surface area contributed by atoms with E-state index in [1.54, 1.807) is 0 Å². The SMILES string of the molecule is CCC1(CO)CCN(C(=O)CCc2ccc(C)cc2)CC1. The van der Waals surface area contributed by atoms with E-state index in [9.17, 15) is 9.90 Å². The molecule has 1 fully saturated rings. The third-order valence-corrected chi connectivity index (χ3v) is 5.01. The molecule has 21 heavy (non-hydrogen) atoms. The molecule has 0 saturated carbocycles. The summed E-state index contributed by atoms with van der Waals surface area (Å²) in [4.78, 5) is 14.3. The van der Waals surface area contributed by atoms with Crippen molar-refractivity contribution < 1.29 is 9.90 Å². The third-order valence-electron chi connectivity index (χ3n) is 5.01. The minimum absolute atomic E-state index is 0.0493. The van der Waals surface area contributed by atoms with Crippen molar-refractivity contribution in [1.29, 1.82) is 0 Å². The molecular weight excluding hydrogens is 262 g/mol. The van der Waals surface area contributed by atoms with Crippen molar-refractivity contribution >= 4 is 5.91 Å². The van der Waals surface area contributed by atoms with Gasteiger partial charge in [0.05, 0.1) is 0 Å². The standard InChI is InChI=1S/C18H27NO2/c1-3-18(14-20)10-12-19(13-11-18)17(21)9-8-16-6-4-15(2)5-7-16/h4-7,20H,3,8-14H2,1-2H3. The van der Waals surface area contributed by atoms with Gasteiger partial charge in [0.2, 0.25) is 5.91 Å². The van der Waals surface area contributed by atoms with Gasteiger partial charge >= 0.3 is 0 Å². The molecule has 0 bridgehead atoms. The van der Waals surface area contributed by atoms with Gasteiger partial charge in [-0.25, -0.2) is 0 Å². The van der Waals surface area contributed by atoms with Gasteiger partial charge in [0.25, 0.3) is 0 Å². The number of carbonyl (C=O) groups excluding carboxylic acids is 1. The summed E-state index contributed by atoms with van der Waals surface area (Å²) < 4.78 is 0. The number of hydrogen-bond acceptors (Lipinski definition) is 2. The molecule has 3 nitrogen and oxygen atoms in total. The largest absolute Gasteiger partial charge is 0.396 e. The van der Waals surface area contributed by atoms with Crippen LogP contribution in [-0.2, 0) is 11.2 Å². The molecular formula is C18H27NO2. The lowest BCUT2D eigenvalue weighted by molar-refractivity contribution is -0.134. The molecule has 0 aliphatic carbocycles. The van der Waals surface area contributed by atoms with Crippen molar-refractivity contribution in [1.82, 2.24) is 4.90 Å². The predicted molar refractivity (Wildman–Crippen MR) is 85.1 cm³/mol. The van der Waals surface area contributed by atoms with Crippen molar-refractivity contribution in [3.05, 3.63) is 35.4 Å². The number of hydrogen-bond donors (Lipinski definition) is 1. The Bertz CT molecular complexity index is 453. The molecule has 0 spiro atoms. The zero-order valence-corrected chi connectivity index (χ0v) is 13.3. The van der Waals surface area contributed by atoms with E-state index in [2.05, 4.69) is 38.1 Å². The van der Waals surface area contributed by atoms with Gasteiger partial charge in [-0.1, -0.05) is 36.8 Å². The Morgan fingerprint density at radius 2 is 1.86 bits per heavy atom. The Kier molecular flexibility index (Phi) is 5.40. The van der Waals surface area contributed by atoms with E-state index in [0.717, 1.165) is 38.8 Å². The number of likely N-dealkylation sites (tertiary alicyclic amines) is 1. The Morgan fingerprint density at radius 1 is 1.24 bits per heavy atom. The molecule has 0 atom stereocenters. The highest BCUT2D eigenvalue weighted by molar-refractivity contribution is 5.76. The fourth-order valence-corrected chi connectivity index (χ4v) is 3.02. The summed E-state index contributed by atoms with van der Waals surface area (Å²) >= 11 is 0. The average Bonchev–Trinajstić information content (AvgIpc) is 2.54. The highest BCUT2D eigenvalue weighted by atomic mass is 16.3. The number of piperidine rings is 1. The summed E-state index contributed by atoms with van der Waals surface area (Å²) in [5.74, 6) is 0.248. The van der Waals surface area contributed by atoms with Gasteiger partial charge in [-0.2, -0.15) is 0 Å². The molecule has 116 valence electrons. The summed E-state index contributed by atoms with van der Waals surface area (Å²) in [6, 6.07) is 8.40.